The highest BCUT2D eigenvalue weighted by molar-refractivity contribution is 5.85. The number of anilines is 1. The molecule has 3 N–H and O–H groups in total. The Balaban J connectivity index is 0.00000484. The lowest BCUT2D eigenvalue weighted by atomic mass is 10.1. The van der Waals surface area contributed by atoms with Gasteiger partial charge in [-0.15, -0.1) is 12.4 Å². The first kappa shape index (κ1) is 33.3. The predicted molar refractivity (Wildman–Crippen MR) is 164 cm³/mol. The van der Waals surface area contributed by atoms with Gasteiger partial charge in [0.05, 0.1) is 33.4 Å². The minimum absolute atomic E-state index is 0. The van der Waals surface area contributed by atoms with E-state index in [9.17, 15) is 9.59 Å². The molecule has 0 spiro atoms. The van der Waals surface area contributed by atoms with E-state index in [0.717, 1.165) is 89.3 Å². The number of unbranched alkanes of at least 4 members (excludes halogenated alkanes) is 1. The molecule has 1 aromatic carbocycles. The zero-order chi connectivity index (χ0) is 29.0. The summed E-state index contributed by atoms with van der Waals surface area (Å²) in [5.74, 6) is -0.0500. The second kappa shape index (κ2) is 17.1. The molecule has 3 heterocycles. The maximum Gasteiger partial charge on any atom is 0.327 e. The quantitative estimate of drug-likeness (QED) is 0.185. The number of halogens is 1. The average Bonchev–Trinajstić information content (AvgIpc) is 3.29. The van der Waals surface area contributed by atoms with Gasteiger partial charge in [0.2, 0.25) is 0 Å². The van der Waals surface area contributed by atoms with Crippen molar-refractivity contribution in [1.29, 1.82) is 0 Å². The fourth-order valence-corrected chi connectivity index (χ4v) is 5.01. The molecular formula is C29H44ClN7O5. The number of aryl methyl sites for hydroxylation is 1. The highest BCUT2D eigenvalue weighted by Gasteiger charge is 2.16. The summed E-state index contributed by atoms with van der Waals surface area (Å²) in [7, 11) is 1.40. The number of carbonyl (C=O) groups is 1. The fourth-order valence-electron chi connectivity index (χ4n) is 5.01. The number of aromatic amines is 1. The van der Waals surface area contributed by atoms with Crippen molar-refractivity contribution in [3.8, 4) is 6.01 Å². The largest absolute Gasteiger partial charge is 0.469 e. The van der Waals surface area contributed by atoms with Crippen molar-refractivity contribution in [2.75, 3.05) is 65.4 Å². The van der Waals surface area contributed by atoms with Gasteiger partial charge >= 0.3 is 17.7 Å². The summed E-state index contributed by atoms with van der Waals surface area (Å²) < 4.78 is 17.6. The van der Waals surface area contributed by atoms with Gasteiger partial charge in [0.25, 0.3) is 0 Å². The van der Waals surface area contributed by atoms with Crippen molar-refractivity contribution < 1.29 is 19.0 Å². The van der Waals surface area contributed by atoms with Gasteiger partial charge in [-0.05, 0) is 43.5 Å². The van der Waals surface area contributed by atoms with Gasteiger partial charge in [0, 0.05) is 32.7 Å². The number of benzene rings is 1. The smallest absolute Gasteiger partial charge is 0.327 e. The number of esters is 1. The van der Waals surface area contributed by atoms with Crippen LogP contribution in [0.3, 0.4) is 0 Å². The third-order valence-corrected chi connectivity index (χ3v) is 7.24. The number of carbonyl (C=O) groups excluding carboxylic acids is 1. The van der Waals surface area contributed by atoms with Gasteiger partial charge < -0.3 is 24.9 Å². The number of nitrogen functional groups attached to an aromatic ring is 1. The molecule has 0 aliphatic carbocycles. The van der Waals surface area contributed by atoms with Crippen LogP contribution in [0.5, 0.6) is 6.01 Å². The fraction of sp³-hybridized carbons (Fsp3) is 0.586. The van der Waals surface area contributed by atoms with Gasteiger partial charge in [-0.3, -0.25) is 19.2 Å². The number of nitrogens with one attached hydrogen (secondary N) is 1. The Hall–Kier alpha value is -3.19. The Labute approximate surface area is 252 Å². The predicted octanol–water partition coefficient (Wildman–Crippen LogP) is 2.63. The van der Waals surface area contributed by atoms with E-state index in [4.69, 9.17) is 19.9 Å². The van der Waals surface area contributed by atoms with E-state index in [-0.39, 0.29) is 42.3 Å². The van der Waals surface area contributed by atoms with Gasteiger partial charge in [-0.1, -0.05) is 37.6 Å². The summed E-state index contributed by atoms with van der Waals surface area (Å²) in [6.07, 6.45) is 3.89. The highest BCUT2D eigenvalue weighted by atomic mass is 35.5. The Morgan fingerprint density at radius 3 is 2.60 bits per heavy atom. The highest BCUT2D eigenvalue weighted by Crippen LogP contribution is 2.18. The van der Waals surface area contributed by atoms with Crippen LogP contribution < -0.4 is 16.2 Å². The number of hydrogen-bond donors (Lipinski definition) is 2. The molecule has 1 aliphatic heterocycles. The first-order chi connectivity index (χ1) is 20.0. The van der Waals surface area contributed by atoms with E-state index in [1.54, 1.807) is 4.57 Å². The second-order valence-electron chi connectivity index (χ2n) is 10.4. The van der Waals surface area contributed by atoms with Crippen LogP contribution in [-0.2, 0) is 33.8 Å². The van der Waals surface area contributed by atoms with Gasteiger partial charge in [0.15, 0.2) is 11.5 Å². The van der Waals surface area contributed by atoms with E-state index in [2.05, 4.69) is 43.8 Å². The molecule has 1 saturated heterocycles. The van der Waals surface area contributed by atoms with Crippen molar-refractivity contribution in [2.45, 2.75) is 52.1 Å². The Morgan fingerprint density at radius 1 is 1.12 bits per heavy atom. The maximum absolute atomic E-state index is 12.8. The molecule has 12 nitrogen and oxygen atoms in total. The molecular weight excluding hydrogens is 562 g/mol. The summed E-state index contributed by atoms with van der Waals surface area (Å²) >= 11 is 0. The summed E-state index contributed by atoms with van der Waals surface area (Å²) in [6, 6.07) is 8.26. The number of rotatable bonds is 16. The molecule has 2 aromatic heterocycles. The van der Waals surface area contributed by atoms with Crippen LogP contribution in [0.1, 0.15) is 43.7 Å². The molecule has 0 atom stereocenters. The molecule has 0 amide bonds. The molecule has 232 valence electrons. The Kier molecular flexibility index (Phi) is 13.5. The van der Waals surface area contributed by atoms with E-state index < -0.39 is 0 Å². The lowest BCUT2D eigenvalue weighted by Crippen LogP contribution is -2.38. The summed E-state index contributed by atoms with van der Waals surface area (Å²) in [6.45, 7) is 10.0. The number of aromatic nitrogens is 4. The third-order valence-electron chi connectivity index (χ3n) is 7.24. The Bertz CT molecular complexity index is 1330. The number of hydrogen-bond acceptors (Lipinski definition) is 10. The van der Waals surface area contributed by atoms with Gasteiger partial charge in [0.1, 0.15) is 5.52 Å². The molecule has 3 aromatic rings. The minimum Gasteiger partial charge on any atom is -0.469 e. The number of nitrogens with two attached hydrogens (primary N) is 1. The molecule has 13 heteroatoms. The average molecular weight is 606 g/mol. The van der Waals surface area contributed by atoms with Crippen LogP contribution in [0.15, 0.2) is 29.1 Å². The lowest BCUT2D eigenvalue weighted by Gasteiger charge is -2.28. The van der Waals surface area contributed by atoms with E-state index in [1.807, 2.05) is 12.1 Å². The monoisotopic (exact) mass is 605 g/mol. The van der Waals surface area contributed by atoms with Crippen LogP contribution in [0, 0.1) is 0 Å². The zero-order valence-electron chi connectivity index (χ0n) is 24.7. The maximum atomic E-state index is 12.8. The molecule has 1 fully saturated rings. The third kappa shape index (κ3) is 9.69. The van der Waals surface area contributed by atoms with Crippen molar-refractivity contribution in [2.24, 2.45) is 0 Å². The van der Waals surface area contributed by atoms with Crippen molar-refractivity contribution in [3.63, 3.8) is 0 Å². The van der Waals surface area contributed by atoms with Gasteiger partial charge in [-0.25, -0.2) is 4.79 Å². The SMILES string of the molecule is CCCCOc1nc(N)c2[nH]c(=O)n(CCCN(CCCN3CCOCC3)Cc3cccc(CC(=O)OC)c3)c2n1.Cl. The first-order valence-corrected chi connectivity index (χ1v) is 14.5. The van der Waals surface area contributed by atoms with Gasteiger partial charge in [-0.2, -0.15) is 9.97 Å². The number of imidazole rings is 1. The summed E-state index contributed by atoms with van der Waals surface area (Å²) in [4.78, 5) is 40.9. The van der Waals surface area contributed by atoms with Crippen molar-refractivity contribution >= 4 is 35.4 Å². The standard InChI is InChI=1S/C29H43N7O5.ClH/c1-3-4-16-41-28-32-26(30)25-27(33-28)36(29(38)31-25)13-7-12-35(11-6-10-34-14-17-40-18-15-34)21-23-9-5-8-22(19-23)20-24(37)39-2;/h5,8-9,19H,3-4,6-7,10-18,20-21H2,1-2H3,(H,31,38)(H2,30,32,33);1H. The molecule has 0 radical (unpaired) electrons. The number of ether oxygens (including phenoxy) is 3. The summed E-state index contributed by atoms with van der Waals surface area (Å²) in [5.41, 5.74) is 8.81. The lowest BCUT2D eigenvalue weighted by molar-refractivity contribution is -0.139. The number of methoxy groups -OCH3 is 1. The number of morpholine rings is 1. The minimum atomic E-state index is -0.263. The van der Waals surface area contributed by atoms with Crippen LogP contribution >= 0.6 is 12.4 Å². The number of H-pyrrole nitrogens is 1. The first-order valence-electron chi connectivity index (χ1n) is 14.5. The molecule has 0 saturated carbocycles. The molecule has 42 heavy (non-hydrogen) atoms. The Morgan fingerprint density at radius 2 is 1.86 bits per heavy atom. The van der Waals surface area contributed by atoms with Crippen molar-refractivity contribution in [1.82, 2.24) is 29.3 Å². The van der Waals surface area contributed by atoms with Crippen LogP contribution in [0.2, 0.25) is 0 Å². The molecule has 0 bridgehead atoms. The van der Waals surface area contributed by atoms with E-state index in [1.165, 1.54) is 7.11 Å². The molecule has 0 unspecified atom stereocenters. The number of fused-ring (bicyclic) bond motifs is 1. The normalized spacial score (nSPS) is 13.8. The van der Waals surface area contributed by atoms with E-state index >= 15 is 0 Å². The zero-order valence-corrected chi connectivity index (χ0v) is 25.5. The molecule has 4 rings (SSSR count). The number of nitrogens with zero attached hydrogens (tertiary/aromatic N) is 5. The van der Waals surface area contributed by atoms with Crippen LogP contribution in [0.4, 0.5) is 5.82 Å². The van der Waals surface area contributed by atoms with Crippen molar-refractivity contribution in [3.05, 3.63) is 45.9 Å². The van der Waals surface area contributed by atoms with Crippen LogP contribution in [-0.4, -0.2) is 94.9 Å². The topological polar surface area (TPSA) is 141 Å². The summed E-state index contributed by atoms with van der Waals surface area (Å²) in [5, 5.41) is 0. The van der Waals surface area contributed by atoms with Crippen LogP contribution in [0.25, 0.3) is 11.2 Å². The molecule has 1 aliphatic rings. The second-order valence-corrected chi connectivity index (χ2v) is 10.4. The van der Waals surface area contributed by atoms with E-state index in [0.29, 0.717) is 24.3 Å².